The molecule has 0 spiro atoms. The smallest absolute Gasteiger partial charge is 0.00499 e. The van der Waals surface area contributed by atoms with E-state index in [4.69, 9.17) is 0 Å². The predicted molar refractivity (Wildman–Crippen MR) is 87.8 cm³/mol. The van der Waals surface area contributed by atoms with Crippen LogP contribution in [0.1, 0.15) is 73.1 Å². The summed E-state index contributed by atoms with van der Waals surface area (Å²) in [7, 11) is 0. The van der Waals surface area contributed by atoms with E-state index in [1.807, 2.05) is 0 Å². The molecule has 2 nitrogen and oxygen atoms in total. The van der Waals surface area contributed by atoms with E-state index in [0.717, 1.165) is 6.54 Å². The molecular formula is C17H38N2. The van der Waals surface area contributed by atoms with Gasteiger partial charge in [0.1, 0.15) is 0 Å². The van der Waals surface area contributed by atoms with Gasteiger partial charge < -0.3 is 10.2 Å². The van der Waals surface area contributed by atoms with Gasteiger partial charge in [0.15, 0.2) is 0 Å². The van der Waals surface area contributed by atoms with Gasteiger partial charge >= 0.3 is 0 Å². The van der Waals surface area contributed by atoms with E-state index < -0.39 is 0 Å². The van der Waals surface area contributed by atoms with Crippen molar-refractivity contribution in [2.45, 2.75) is 73.1 Å². The van der Waals surface area contributed by atoms with Crippen molar-refractivity contribution in [1.82, 2.24) is 10.2 Å². The van der Waals surface area contributed by atoms with Crippen LogP contribution in [0, 0.1) is 5.41 Å². The van der Waals surface area contributed by atoms with Crippen molar-refractivity contribution in [3.8, 4) is 0 Å². The summed E-state index contributed by atoms with van der Waals surface area (Å²) in [6, 6.07) is 0. The largest absolute Gasteiger partial charge is 0.316 e. The molecule has 0 rings (SSSR count). The lowest BCUT2D eigenvalue weighted by atomic mass is 9.81. The second kappa shape index (κ2) is 11.7. The molecule has 0 radical (unpaired) electrons. The van der Waals surface area contributed by atoms with Crippen LogP contribution in [0.5, 0.6) is 0 Å². The van der Waals surface area contributed by atoms with E-state index in [0.29, 0.717) is 5.41 Å². The van der Waals surface area contributed by atoms with Crippen molar-refractivity contribution in [3.63, 3.8) is 0 Å². The minimum absolute atomic E-state index is 0.470. The minimum atomic E-state index is 0.470. The third-order valence-electron chi connectivity index (χ3n) is 4.46. The highest BCUT2D eigenvalue weighted by Gasteiger charge is 2.27. The number of hydrogen-bond donors (Lipinski definition) is 1. The fraction of sp³-hybridized carbons (Fsp3) is 1.00. The van der Waals surface area contributed by atoms with Gasteiger partial charge in [-0.05, 0) is 50.7 Å². The molecule has 0 aromatic heterocycles. The lowest BCUT2D eigenvalue weighted by molar-refractivity contribution is 0.132. The predicted octanol–water partition coefficient (Wildman–Crippen LogP) is 4.30. The van der Waals surface area contributed by atoms with Crippen LogP contribution >= 0.6 is 0 Å². The van der Waals surface area contributed by atoms with Gasteiger partial charge in [-0.1, -0.05) is 47.5 Å². The Morgan fingerprint density at radius 1 is 0.842 bits per heavy atom. The van der Waals surface area contributed by atoms with Gasteiger partial charge in [0.05, 0.1) is 0 Å². The van der Waals surface area contributed by atoms with Crippen molar-refractivity contribution in [1.29, 1.82) is 0 Å². The second-order valence-electron chi connectivity index (χ2n) is 5.97. The van der Waals surface area contributed by atoms with Crippen molar-refractivity contribution < 1.29 is 0 Å². The van der Waals surface area contributed by atoms with Crippen LogP contribution in [0.25, 0.3) is 0 Å². The Hall–Kier alpha value is -0.0800. The summed E-state index contributed by atoms with van der Waals surface area (Å²) < 4.78 is 0. The maximum atomic E-state index is 3.58. The van der Waals surface area contributed by atoms with Crippen LogP contribution in [0.15, 0.2) is 0 Å². The van der Waals surface area contributed by atoms with Crippen molar-refractivity contribution >= 4 is 0 Å². The Kier molecular flexibility index (Phi) is 11.7. The van der Waals surface area contributed by atoms with Crippen molar-refractivity contribution in [2.24, 2.45) is 5.41 Å². The van der Waals surface area contributed by atoms with E-state index in [2.05, 4.69) is 44.8 Å². The van der Waals surface area contributed by atoms with Gasteiger partial charge in [-0.15, -0.1) is 0 Å². The molecule has 0 unspecified atom stereocenters. The number of nitrogens with one attached hydrogen (secondary N) is 1. The highest BCUT2D eigenvalue weighted by molar-refractivity contribution is 4.83. The Labute approximate surface area is 122 Å². The topological polar surface area (TPSA) is 15.3 Å². The van der Waals surface area contributed by atoms with Crippen molar-refractivity contribution in [2.75, 3.05) is 32.7 Å². The summed E-state index contributed by atoms with van der Waals surface area (Å²) in [6.45, 7) is 17.6. The average Bonchev–Trinajstić information content (AvgIpc) is 2.46. The summed E-state index contributed by atoms with van der Waals surface area (Å²) in [6.07, 6.45) is 7.86. The van der Waals surface area contributed by atoms with Gasteiger partial charge in [0.2, 0.25) is 0 Å². The Morgan fingerprint density at radius 3 is 1.74 bits per heavy atom. The molecule has 0 atom stereocenters. The summed E-state index contributed by atoms with van der Waals surface area (Å²) in [5, 5.41) is 3.58. The number of hydrogen-bond acceptors (Lipinski definition) is 2. The maximum Gasteiger partial charge on any atom is 0.00499 e. The van der Waals surface area contributed by atoms with Gasteiger partial charge in [0.25, 0.3) is 0 Å². The van der Waals surface area contributed by atoms with Crippen LogP contribution in [0.2, 0.25) is 0 Å². The minimum Gasteiger partial charge on any atom is -0.316 e. The first-order valence-corrected chi connectivity index (χ1v) is 8.61. The molecule has 2 heteroatoms. The zero-order chi connectivity index (χ0) is 14.6. The van der Waals surface area contributed by atoms with Crippen LogP contribution in [0.4, 0.5) is 0 Å². The van der Waals surface area contributed by atoms with E-state index in [1.165, 1.54) is 64.7 Å². The lowest BCUT2D eigenvalue weighted by Gasteiger charge is -2.37. The second-order valence-corrected chi connectivity index (χ2v) is 5.97. The van der Waals surface area contributed by atoms with Gasteiger partial charge in [-0.2, -0.15) is 0 Å². The van der Waals surface area contributed by atoms with E-state index in [-0.39, 0.29) is 0 Å². The molecule has 0 aliphatic rings. The van der Waals surface area contributed by atoms with E-state index in [1.54, 1.807) is 0 Å². The molecule has 0 aromatic rings. The molecular weight excluding hydrogens is 232 g/mol. The Balaban J connectivity index is 4.50. The van der Waals surface area contributed by atoms with Crippen LogP contribution in [-0.2, 0) is 0 Å². The fourth-order valence-corrected chi connectivity index (χ4v) is 2.68. The standard InChI is InChI=1S/C17H38N2/c1-6-11-13-19(14-12-7-2)16-17(8-3,9-4)15-18-10-5/h18H,6-16H2,1-5H3. The number of rotatable bonds is 13. The third-order valence-corrected chi connectivity index (χ3v) is 4.46. The fourth-order valence-electron chi connectivity index (χ4n) is 2.68. The first-order valence-electron chi connectivity index (χ1n) is 8.61. The average molecular weight is 271 g/mol. The Morgan fingerprint density at radius 2 is 1.37 bits per heavy atom. The molecule has 0 aliphatic heterocycles. The molecule has 0 saturated carbocycles. The molecule has 0 amide bonds. The molecule has 0 aromatic carbocycles. The highest BCUT2D eigenvalue weighted by Crippen LogP contribution is 2.27. The molecule has 116 valence electrons. The summed E-state index contributed by atoms with van der Waals surface area (Å²) in [4.78, 5) is 2.72. The van der Waals surface area contributed by atoms with Gasteiger partial charge in [-0.25, -0.2) is 0 Å². The molecule has 0 heterocycles. The summed E-state index contributed by atoms with van der Waals surface area (Å²) >= 11 is 0. The first kappa shape index (κ1) is 18.9. The zero-order valence-electron chi connectivity index (χ0n) is 14.2. The number of nitrogens with zero attached hydrogens (tertiary/aromatic N) is 1. The molecule has 0 fully saturated rings. The SMILES string of the molecule is CCCCN(CCCC)CC(CC)(CC)CNCC. The van der Waals surface area contributed by atoms with E-state index >= 15 is 0 Å². The summed E-state index contributed by atoms with van der Waals surface area (Å²) in [5.41, 5.74) is 0.470. The molecule has 0 saturated heterocycles. The number of unbranched alkanes of at least 4 members (excludes halogenated alkanes) is 2. The lowest BCUT2D eigenvalue weighted by Crippen LogP contribution is -2.44. The summed E-state index contributed by atoms with van der Waals surface area (Å²) in [5.74, 6) is 0. The molecule has 0 aliphatic carbocycles. The third kappa shape index (κ3) is 7.94. The van der Waals surface area contributed by atoms with Gasteiger partial charge in [0, 0.05) is 13.1 Å². The zero-order valence-corrected chi connectivity index (χ0v) is 14.2. The molecule has 19 heavy (non-hydrogen) atoms. The van der Waals surface area contributed by atoms with Crippen LogP contribution in [0.3, 0.4) is 0 Å². The monoisotopic (exact) mass is 270 g/mol. The first-order chi connectivity index (χ1) is 9.17. The quantitative estimate of drug-likeness (QED) is 0.536. The Bertz CT molecular complexity index is 180. The highest BCUT2D eigenvalue weighted by atomic mass is 15.1. The van der Waals surface area contributed by atoms with Crippen LogP contribution < -0.4 is 5.32 Å². The van der Waals surface area contributed by atoms with Gasteiger partial charge in [-0.3, -0.25) is 0 Å². The normalized spacial score (nSPS) is 12.3. The van der Waals surface area contributed by atoms with Crippen molar-refractivity contribution in [3.05, 3.63) is 0 Å². The molecule has 1 N–H and O–H groups in total. The van der Waals surface area contributed by atoms with E-state index in [9.17, 15) is 0 Å². The van der Waals surface area contributed by atoms with Crippen LogP contribution in [-0.4, -0.2) is 37.6 Å². The molecule has 0 bridgehead atoms. The maximum absolute atomic E-state index is 3.58.